The summed E-state index contributed by atoms with van der Waals surface area (Å²) in [5, 5.41) is 28.0. The van der Waals surface area contributed by atoms with Crippen LogP contribution in [-0.4, -0.2) is 34.5 Å². The number of rotatable bonds is 5. The van der Waals surface area contributed by atoms with Gasteiger partial charge in [-0.2, -0.15) is 5.10 Å². The number of nitrogens with zero attached hydrogens (tertiary/aromatic N) is 1. The molecule has 1 heterocycles. The molecule has 26 heavy (non-hydrogen) atoms. The lowest BCUT2D eigenvalue weighted by Crippen LogP contribution is -3.04. The van der Waals surface area contributed by atoms with Gasteiger partial charge in [0.25, 0.3) is 0 Å². The first-order chi connectivity index (χ1) is 12.0. The standard InChI is InChI=1S/C19H21N3O3.ClH/c1-12-19(25-13-7-5-4-6-8-13)17(21-20-12)14-9-10-16(23)15(18(14)24)11-22(2)3;/h4-10,23-24H,11H2,1-3H3,(H,20,21);1H. The van der Waals surface area contributed by atoms with E-state index in [4.69, 9.17) is 4.74 Å². The lowest BCUT2D eigenvalue weighted by Gasteiger charge is -2.14. The van der Waals surface area contributed by atoms with Gasteiger partial charge in [0.15, 0.2) is 5.75 Å². The monoisotopic (exact) mass is 375 g/mol. The summed E-state index contributed by atoms with van der Waals surface area (Å²) in [6.45, 7) is 2.35. The lowest BCUT2D eigenvalue weighted by atomic mass is 10.0. The number of phenolic OH excluding ortho intramolecular Hbond substituents is 2. The molecule has 0 aliphatic carbocycles. The van der Waals surface area contributed by atoms with E-state index >= 15 is 0 Å². The van der Waals surface area contributed by atoms with Crippen LogP contribution in [0.2, 0.25) is 0 Å². The SMILES string of the molecule is Cc1[nH]nc(-c2ccc(O)c(C[NH+](C)C)c2O)c1Oc1ccccc1.[Cl-]. The summed E-state index contributed by atoms with van der Waals surface area (Å²) in [6.07, 6.45) is 0. The first-order valence-electron chi connectivity index (χ1n) is 8.08. The molecule has 0 fully saturated rings. The maximum atomic E-state index is 10.7. The Morgan fingerprint density at radius 1 is 1.08 bits per heavy atom. The highest BCUT2D eigenvalue weighted by atomic mass is 35.5. The van der Waals surface area contributed by atoms with Crippen LogP contribution in [0.3, 0.4) is 0 Å². The minimum atomic E-state index is 0. The number of hydrogen-bond acceptors (Lipinski definition) is 4. The van der Waals surface area contributed by atoms with E-state index in [2.05, 4.69) is 10.2 Å². The molecule has 6 nitrogen and oxygen atoms in total. The molecule has 0 atom stereocenters. The van der Waals surface area contributed by atoms with Gasteiger partial charge in [-0.05, 0) is 31.2 Å². The maximum Gasteiger partial charge on any atom is 0.176 e. The Balaban J connectivity index is 0.00000243. The number of phenols is 2. The minimum Gasteiger partial charge on any atom is -1.00 e. The zero-order valence-corrected chi connectivity index (χ0v) is 15.6. The molecule has 7 heteroatoms. The third-order valence-electron chi connectivity index (χ3n) is 3.90. The predicted octanol–water partition coefficient (Wildman–Crippen LogP) is -0.763. The summed E-state index contributed by atoms with van der Waals surface area (Å²) < 4.78 is 5.97. The Morgan fingerprint density at radius 2 is 1.77 bits per heavy atom. The third kappa shape index (κ3) is 3.92. The highest BCUT2D eigenvalue weighted by Gasteiger charge is 2.22. The maximum absolute atomic E-state index is 10.7. The number of quaternary nitrogens is 1. The normalized spacial score (nSPS) is 10.6. The van der Waals surface area contributed by atoms with Crippen molar-refractivity contribution in [2.24, 2.45) is 0 Å². The van der Waals surface area contributed by atoms with Crippen LogP contribution in [0, 0.1) is 6.92 Å². The molecule has 0 radical (unpaired) electrons. The average molecular weight is 376 g/mol. The minimum absolute atomic E-state index is 0. The summed E-state index contributed by atoms with van der Waals surface area (Å²) in [5.41, 5.74) is 2.27. The van der Waals surface area contributed by atoms with Crippen LogP contribution < -0.4 is 22.0 Å². The molecule has 0 aliphatic heterocycles. The summed E-state index contributed by atoms with van der Waals surface area (Å²) in [4.78, 5) is 1.08. The zero-order valence-electron chi connectivity index (χ0n) is 14.9. The number of benzene rings is 2. The van der Waals surface area contributed by atoms with Crippen LogP contribution in [0.25, 0.3) is 11.3 Å². The van der Waals surface area contributed by atoms with Gasteiger partial charge in [-0.15, -0.1) is 0 Å². The molecule has 0 bridgehead atoms. The predicted molar refractivity (Wildman–Crippen MR) is 95.1 cm³/mol. The van der Waals surface area contributed by atoms with Crippen LogP contribution in [-0.2, 0) is 6.54 Å². The van der Waals surface area contributed by atoms with Crippen molar-refractivity contribution in [2.45, 2.75) is 13.5 Å². The Kier molecular flexibility index (Phi) is 6.13. The summed E-state index contributed by atoms with van der Waals surface area (Å²) in [5.74, 6) is 1.32. The van der Waals surface area contributed by atoms with E-state index in [1.165, 1.54) is 0 Å². The molecule has 138 valence electrons. The first kappa shape index (κ1) is 19.6. The van der Waals surface area contributed by atoms with Gasteiger partial charge in [0.2, 0.25) is 0 Å². The van der Waals surface area contributed by atoms with Crippen molar-refractivity contribution in [3.8, 4) is 34.3 Å². The second kappa shape index (κ2) is 8.12. The Hall–Kier alpha value is -2.70. The number of hydrogen-bond donors (Lipinski definition) is 4. The van der Waals surface area contributed by atoms with Crippen molar-refractivity contribution in [2.75, 3.05) is 14.1 Å². The van der Waals surface area contributed by atoms with Crippen LogP contribution in [0.15, 0.2) is 42.5 Å². The fourth-order valence-corrected chi connectivity index (χ4v) is 2.68. The lowest BCUT2D eigenvalue weighted by molar-refractivity contribution is -0.872. The average Bonchev–Trinajstić information content (AvgIpc) is 2.93. The van der Waals surface area contributed by atoms with Crippen molar-refractivity contribution >= 4 is 0 Å². The number of para-hydroxylation sites is 1. The largest absolute Gasteiger partial charge is 1.00 e. The Bertz CT molecular complexity index is 879. The molecule has 4 N–H and O–H groups in total. The van der Waals surface area contributed by atoms with Crippen LogP contribution >= 0.6 is 0 Å². The van der Waals surface area contributed by atoms with Crippen molar-refractivity contribution in [3.05, 3.63) is 53.7 Å². The number of halogens is 1. The van der Waals surface area contributed by atoms with Crippen molar-refractivity contribution in [1.82, 2.24) is 10.2 Å². The number of aryl methyl sites for hydroxylation is 1. The molecule has 0 aliphatic rings. The zero-order chi connectivity index (χ0) is 18.0. The van der Waals surface area contributed by atoms with Gasteiger partial charge in [0.05, 0.1) is 25.4 Å². The van der Waals surface area contributed by atoms with Crippen LogP contribution in [0.5, 0.6) is 23.0 Å². The van der Waals surface area contributed by atoms with E-state index in [1.54, 1.807) is 12.1 Å². The smallest absolute Gasteiger partial charge is 0.176 e. The van der Waals surface area contributed by atoms with Crippen LogP contribution in [0.4, 0.5) is 0 Å². The van der Waals surface area contributed by atoms with Crippen LogP contribution in [0.1, 0.15) is 11.3 Å². The molecular formula is C19H22ClN3O3. The third-order valence-corrected chi connectivity index (χ3v) is 3.90. The molecule has 3 rings (SSSR count). The Labute approximate surface area is 158 Å². The van der Waals surface area contributed by atoms with E-state index in [0.29, 0.717) is 34.9 Å². The molecule has 0 spiro atoms. The van der Waals surface area contributed by atoms with E-state index in [-0.39, 0.29) is 23.9 Å². The molecule has 0 saturated carbocycles. The number of aromatic amines is 1. The fraction of sp³-hybridized carbons (Fsp3) is 0.211. The van der Waals surface area contributed by atoms with Crippen molar-refractivity contribution in [1.29, 1.82) is 0 Å². The first-order valence-corrected chi connectivity index (χ1v) is 8.08. The molecule has 3 aromatic rings. The number of nitrogens with one attached hydrogen (secondary N) is 2. The Morgan fingerprint density at radius 3 is 2.42 bits per heavy atom. The molecule has 0 amide bonds. The van der Waals surface area contributed by atoms with Gasteiger partial charge in [-0.25, -0.2) is 0 Å². The quantitative estimate of drug-likeness (QED) is 0.472. The van der Waals surface area contributed by atoms with E-state index < -0.39 is 0 Å². The summed E-state index contributed by atoms with van der Waals surface area (Å²) in [7, 11) is 3.91. The van der Waals surface area contributed by atoms with E-state index in [1.807, 2.05) is 51.4 Å². The summed E-state index contributed by atoms with van der Waals surface area (Å²) >= 11 is 0. The number of H-pyrrole nitrogens is 1. The molecule has 0 saturated heterocycles. The molecule has 2 aromatic carbocycles. The van der Waals surface area contributed by atoms with E-state index in [9.17, 15) is 10.2 Å². The summed E-state index contributed by atoms with van der Waals surface area (Å²) in [6, 6.07) is 12.6. The topological polar surface area (TPSA) is 82.8 Å². The van der Waals surface area contributed by atoms with Gasteiger partial charge in [0.1, 0.15) is 29.5 Å². The molecule has 0 unspecified atom stereocenters. The highest BCUT2D eigenvalue weighted by Crippen LogP contribution is 2.41. The highest BCUT2D eigenvalue weighted by molar-refractivity contribution is 5.76. The fourth-order valence-electron chi connectivity index (χ4n) is 2.68. The molecule has 1 aromatic heterocycles. The van der Waals surface area contributed by atoms with Crippen molar-refractivity contribution < 1.29 is 32.3 Å². The van der Waals surface area contributed by atoms with E-state index in [0.717, 1.165) is 10.6 Å². The second-order valence-corrected chi connectivity index (χ2v) is 6.28. The molecular weight excluding hydrogens is 354 g/mol. The van der Waals surface area contributed by atoms with Gasteiger partial charge >= 0.3 is 0 Å². The van der Waals surface area contributed by atoms with Gasteiger partial charge < -0.3 is 32.3 Å². The second-order valence-electron chi connectivity index (χ2n) is 6.28. The van der Waals surface area contributed by atoms with Crippen molar-refractivity contribution in [3.63, 3.8) is 0 Å². The van der Waals surface area contributed by atoms with Gasteiger partial charge in [0, 0.05) is 5.56 Å². The van der Waals surface area contributed by atoms with Gasteiger partial charge in [-0.3, -0.25) is 5.10 Å². The number of ether oxygens (including phenoxy) is 1. The number of aromatic hydroxyl groups is 2. The number of aromatic nitrogens is 2. The van der Waals surface area contributed by atoms with Gasteiger partial charge in [-0.1, -0.05) is 18.2 Å².